The molecule has 1 unspecified atom stereocenters. The summed E-state index contributed by atoms with van der Waals surface area (Å²) in [5.41, 5.74) is 1.43. The first-order valence-corrected chi connectivity index (χ1v) is 7.45. The minimum absolute atomic E-state index is 0.192. The van der Waals surface area contributed by atoms with Crippen molar-refractivity contribution in [3.8, 4) is 5.75 Å². The smallest absolute Gasteiger partial charge is 0.120 e. The SMILES string of the molecule is CCCC(Cl)N1CCN(c2cccc(OC)c2)CC1. The third-order valence-corrected chi connectivity index (χ3v) is 4.15. The highest BCUT2D eigenvalue weighted by Gasteiger charge is 2.21. The monoisotopic (exact) mass is 282 g/mol. The van der Waals surface area contributed by atoms with Crippen LogP contribution in [0.1, 0.15) is 19.8 Å². The lowest BCUT2D eigenvalue weighted by atomic mass is 10.2. The van der Waals surface area contributed by atoms with E-state index in [0.29, 0.717) is 0 Å². The number of anilines is 1. The van der Waals surface area contributed by atoms with Crippen LogP contribution in [0.3, 0.4) is 0 Å². The number of ether oxygens (including phenoxy) is 1. The van der Waals surface area contributed by atoms with Gasteiger partial charge in [-0.25, -0.2) is 0 Å². The van der Waals surface area contributed by atoms with E-state index in [2.05, 4.69) is 28.9 Å². The first-order valence-electron chi connectivity index (χ1n) is 7.01. The van der Waals surface area contributed by atoms with E-state index in [1.165, 1.54) is 5.69 Å². The Bertz CT molecular complexity index is 391. The number of hydrogen-bond donors (Lipinski definition) is 0. The van der Waals surface area contributed by atoms with Gasteiger partial charge in [0.25, 0.3) is 0 Å². The van der Waals surface area contributed by atoms with Crippen molar-refractivity contribution in [3.05, 3.63) is 24.3 Å². The van der Waals surface area contributed by atoms with Crippen LogP contribution >= 0.6 is 11.6 Å². The average molecular weight is 283 g/mol. The second-order valence-corrected chi connectivity index (χ2v) is 5.45. The molecule has 1 aliphatic rings. The molecular formula is C15H23ClN2O. The fourth-order valence-corrected chi connectivity index (χ4v) is 2.90. The van der Waals surface area contributed by atoms with Gasteiger partial charge in [-0.2, -0.15) is 0 Å². The van der Waals surface area contributed by atoms with E-state index >= 15 is 0 Å². The van der Waals surface area contributed by atoms with Crippen LogP contribution in [0.4, 0.5) is 5.69 Å². The van der Waals surface area contributed by atoms with Gasteiger partial charge in [0, 0.05) is 37.9 Å². The van der Waals surface area contributed by atoms with E-state index in [1.54, 1.807) is 7.11 Å². The van der Waals surface area contributed by atoms with Crippen LogP contribution in [-0.2, 0) is 0 Å². The van der Waals surface area contributed by atoms with E-state index in [1.807, 2.05) is 12.1 Å². The Kier molecular flexibility index (Phi) is 5.34. The summed E-state index contributed by atoms with van der Waals surface area (Å²) in [6.45, 7) is 6.30. The summed E-state index contributed by atoms with van der Waals surface area (Å²) in [7, 11) is 1.71. The van der Waals surface area contributed by atoms with Gasteiger partial charge in [0.05, 0.1) is 12.6 Å². The van der Waals surface area contributed by atoms with Crippen molar-refractivity contribution in [2.75, 3.05) is 38.2 Å². The molecule has 1 saturated heterocycles. The van der Waals surface area contributed by atoms with Crippen molar-refractivity contribution in [2.24, 2.45) is 0 Å². The number of nitrogens with zero attached hydrogens (tertiary/aromatic N) is 2. The number of alkyl halides is 1. The molecule has 1 heterocycles. The number of hydrogen-bond acceptors (Lipinski definition) is 3. The Morgan fingerprint density at radius 2 is 2.00 bits per heavy atom. The van der Waals surface area contributed by atoms with Gasteiger partial charge in [0.15, 0.2) is 0 Å². The summed E-state index contributed by atoms with van der Waals surface area (Å²) in [5.74, 6) is 0.918. The molecule has 4 heteroatoms. The summed E-state index contributed by atoms with van der Waals surface area (Å²) in [6, 6.07) is 8.26. The highest BCUT2D eigenvalue weighted by molar-refractivity contribution is 6.20. The fraction of sp³-hybridized carbons (Fsp3) is 0.600. The Labute approximate surface area is 121 Å². The lowest BCUT2D eigenvalue weighted by molar-refractivity contribution is 0.228. The first-order chi connectivity index (χ1) is 9.24. The summed E-state index contributed by atoms with van der Waals surface area (Å²) in [4.78, 5) is 4.77. The summed E-state index contributed by atoms with van der Waals surface area (Å²) >= 11 is 6.39. The van der Waals surface area contributed by atoms with Crippen molar-refractivity contribution in [1.82, 2.24) is 4.90 Å². The van der Waals surface area contributed by atoms with Gasteiger partial charge in [-0.3, -0.25) is 4.90 Å². The van der Waals surface area contributed by atoms with Gasteiger partial charge in [0.1, 0.15) is 5.75 Å². The highest BCUT2D eigenvalue weighted by Crippen LogP contribution is 2.23. The molecule has 2 rings (SSSR count). The lowest BCUT2D eigenvalue weighted by Gasteiger charge is -2.38. The molecule has 1 aromatic carbocycles. The molecule has 0 saturated carbocycles. The molecule has 0 aromatic heterocycles. The van der Waals surface area contributed by atoms with Crippen molar-refractivity contribution in [3.63, 3.8) is 0 Å². The van der Waals surface area contributed by atoms with E-state index in [4.69, 9.17) is 16.3 Å². The van der Waals surface area contributed by atoms with Crippen molar-refractivity contribution < 1.29 is 4.74 Å². The van der Waals surface area contributed by atoms with Crippen LogP contribution < -0.4 is 9.64 Å². The largest absolute Gasteiger partial charge is 0.497 e. The maximum atomic E-state index is 6.39. The molecule has 1 aromatic rings. The molecule has 0 bridgehead atoms. The standard InChI is InChI=1S/C15H23ClN2O/c1-3-5-15(16)18-10-8-17(9-11-18)13-6-4-7-14(12-13)19-2/h4,6-7,12,15H,3,5,8-11H2,1-2H3. The summed E-state index contributed by atoms with van der Waals surface area (Å²) in [6.07, 6.45) is 2.21. The molecule has 0 amide bonds. The van der Waals surface area contributed by atoms with Crippen LogP contribution in [0.2, 0.25) is 0 Å². The molecule has 0 spiro atoms. The number of methoxy groups -OCH3 is 1. The molecule has 3 nitrogen and oxygen atoms in total. The van der Waals surface area contributed by atoms with Crippen LogP contribution in [0.5, 0.6) is 5.75 Å². The third kappa shape index (κ3) is 3.77. The zero-order valence-electron chi connectivity index (χ0n) is 11.8. The van der Waals surface area contributed by atoms with Crippen molar-refractivity contribution in [1.29, 1.82) is 0 Å². The number of halogens is 1. The molecule has 1 atom stereocenters. The zero-order chi connectivity index (χ0) is 13.7. The van der Waals surface area contributed by atoms with E-state index in [-0.39, 0.29) is 5.50 Å². The maximum Gasteiger partial charge on any atom is 0.120 e. The van der Waals surface area contributed by atoms with Gasteiger partial charge in [-0.05, 0) is 18.6 Å². The quantitative estimate of drug-likeness (QED) is 0.609. The minimum atomic E-state index is 0.192. The van der Waals surface area contributed by atoms with Crippen LogP contribution in [0, 0.1) is 0 Å². The zero-order valence-corrected chi connectivity index (χ0v) is 12.6. The number of piperazine rings is 1. The van der Waals surface area contributed by atoms with E-state index in [0.717, 1.165) is 44.8 Å². The molecule has 1 aliphatic heterocycles. The van der Waals surface area contributed by atoms with Crippen molar-refractivity contribution >= 4 is 17.3 Å². The van der Waals surface area contributed by atoms with Gasteiger partial charge >= 0.3 is 0 Å². The normalized spacial score (nSPS) is 18.4. The van der Waals surface area contributed by atoms with Gasteiger partial charge in [0.2, 0.25) is 0 Å². The second-order valence-electron chi connectivity index (χ2n) is 4.95. The lowest BCUT2D eigenvalue weighted by Crippen LogP contribution is -2.49. The molecule has 0 radical (unpaired) electrons. The minimum Gasteiger partial charge on any atom is -0.497 e. The Balaban J connectivity index is 1.92. The predicted octanol–water partition coefficient (Wildman–Crippen LogP) is 3.18. The number of benzene rings is 1. The molecule has 19 heavy (non-hydrogen) atoms. The average Bonchev–Trinajstić information content (AvgIpc) is 2.48. The van der Waals surface area contributed by atoms with Crippen LogP contribution in [0.25, 0.3) is 0 Å². The first kappa shape index (κ1) is 14.5. The predicted molar refractivity (Wildman–Crippen MR) is 81.3 cm³/mol. The third-order valence-electron chi connectivity index (χ3n) is 3.66. The van der Waals surface area contributed by atoms with Crippen LogP contribution in [-0.4, -0.2) is 43.7 Å². The van der Waals surface area contributed by atoms with Gasteiger partial charge in [-0.1, -0.05) is 19.4 Å². The van der Waals surface area contributed by atoms with E-state index in [9.17, 15) is 0 Å². The molecule has 0 N–H and O–H groups in total. The number of rotatable bonds is 5. The highest BCUT2D eigenvalue weighted by atomic mass is 35.5. The second kappa shape index (κ2) is 7.01. The van der Waals surface area contributed by atoms with E-state index < -0.39 is 0 Å². The molecule has 106 valence electrons. The van der Waals surface area contributed by atoms with Gasteiger partial charge < -0.3 is 9.64 Å². The van der Waals surface area contributed by atoms with Gasteiger partial charge in [-0.15, -0.1) is 11.6 Å². The molecule has 0 aliphatic carbocycles. The maximum absolute atomic E-state index is 6.39. The Hall–Kier alpha value is -0.930. The van der Waals surface area contributed by atoms with Crippen LogP contribution in [0.15, 0.2) is 24.3 Å². The Morgan fingerprint density at radius 1 is 1.26 bits per heavy atom. The molecule has 1 fully saturated rings. The molecular weight excluding hydrogens is 260 g/mol. The summed E-state index contributed by atoms with van der Waals surface area (Å²) < 4.78 is 5.28. The fourth-order valence-electron chi connectivity index (χ4n) is 2.49. The summed E-state index contributed by atoms with van der Waals surface area (Å²) in [5, 5.41) is 0. The topological polar surface area (TPSA) is 15.7 Å². The Morgan fingerprint density at radius 3 is 2.63 bits per heavy atom. The van der Waals surface area contributed by atoms with Crippen molar-refractivity contribution in [2.45, 2.75) is 25.3 Å².